The summed E-state index contributed by atoms with van der Waals surface area (Å²) in [6.07, 6.45) is 0.930. The maximum atomic E-state index is 5.34. The molecule has 4 nitrogen and oxygen atoms in total. The van der Waals surface area contributed by atoms with Crippen LogP contribution in [-0.2, 0) is 0 Å². The van der Waals surface area contributed by atoms with Gasteiger partial charge in [-0.3, -0.25) is 4.99 Å². The van der Waals surface area contributed by atoms with Crippen LogP contribution >= 0.6 is 0 Å². The van der Waals surface area contributed by atoms with Gasteiger partial charge in [-0.2, -0.15) is 0 Å². The highest BCUT2D eigenvalue weighted by atomic mass is 15.0. The van der Waals surface area contributed by atoms with Gasteiger partial charge in [0, 0.05) is 28.2 Å². The molecule has 54 heavy (non-hydrogen) atoms. The van der Waals surface area contributed by atoms with Crippen LogP contribution in [0, 0.1) is 5.92 Å². The van der Waals surface area contributed by atoms with E-state index in [9.17, 15) is 0 Å². The Balaban J connectivity index is 1.06. The summed E-state index contributed by atoms with van der Waals surface area (Å²) in [5, 5.41) is 2.39. The number of benzene rings is 7. The molecule has 9 rings (SSSR count). The van der Waals surface area contributed by atoms with Gasteiger partial charge in [0.2, 0.25) is 0 Å². The second-order valence-corrected chi connectivity index (χ2v) is 13.7. The molecule has 0 radical (unpaired) electrons. The van der Waals surface area contributed by atoms with Gasteiger partial charge in [0.25, 0.3) is 0 Å². The smallest absolute Gasteiger partial charge is 0.160 e. The zero-order valence-electron chi connectivity index (χ0n) is 30.0. The van der Waals surface area contributed by atoms with Crippen LogP contribution < -0.4 is 0 Å². The number of aromatic nitrogens is 2. The molecule has 1 aliphatic heterocycles. The number of amidine groups is 1. The summed E-state index contributed by atoms with van der Waals surface area (Å²) >= 11 is 0. The Bertz CT molecular complexity index is 2560. The van der Waals surface area contributed by atoms with Crippen molar-refractivity contribution in [2.45, 2.75) is 19.4 Å². The van der Waals surface area contributed by atoms with Crippen LogP contribution in [0.1, 0.15) is 36.1 Å². The molecule has 1 aliphatic rings. The van der Waals surface area contributed by atoms with Crippen molar-refractivity contribution in [2.24, 2.45) is 15.9 Å². The molecular weight excluding hydrogens is 657 g/mol. The first-order valence-corrected chi connectivity index (χ1v) is 18.6. The van der Waals surface area contributed by atoms with Gasteiger partial charge < -0.3 is 0 Å². The molecule has 0 aliphatic carbocycles. The van der Waals surface area contributed by atoms with E-state index in [2.05, 4.69) is 153 Å². The lowest BCUT2D eigenvalue weighted by Crippen LogP contribution is -2.28. The van der Waals surface area contributed by atoms with Crippen LogP contribution in [0.3, 0.4) is 0 Å². The molecule has 7 aromatic carbocycles. The van der Waals surface area contributed by atoms with Gasteiger partial charge in [-0.1, -0.05) is 177 Å². The monoisotopic (exact) mass is 694 g/mol. The van der Waals surface area contributed by atoms with E-state index < -0.39 is 0 Å². The summed E-state index contributed by atoms with van der Waals surface area (Å²) in [4.78, 5) is 20.6. The fourth-order valence-corrected chi connectivity index (χ4v) is 7.46. The van der Waals surface area contributed by atoms with E-state index in [1.54, 1.807) is 0 Å². The molecule has 2 unspecified atom stereocenters. The van der Waals surface area contributed by atoms with Crippen molar-refractivity contribution in [1.82, 2.24) is 9.97 Å². The molecule has 258 valence electrons. The largest absolute Gasteiger partial charge is 0.257 e. The van der Waals surface area contributed by atoms with Gasteiger partial charge >= 0.3 is 0 Å². The predicted octanol–water partition coefficient (Wildman–Crippen LogP) is 12.3. The van der Waals surface area contributed by atoms with Crippen molar-refractivity contribution in [2.75, 3.05) is 0 Å². The highest BCUT2D eigenvalue weighted by molar-refractivity contribution is 6.15. The zero-order valence-corrected chi connectivity index (χ0v) is 30.0. The Kier molecular flexibility index (Phi) is 9.00. The minimum Gasteiger partial charge on any atom is -0.257 e. The molecule has 0 fully saturated rings. The van der Waals surface area contributed by atoms with E-state index in [0.29, 0.717) is 5.82 Å². The van der Waals surface area contributed by atoms with E-state index in [0.717, 1.165) is 68.3 Å². The van der Waals surface area contributed by atoms with Gasteiger partial charge in [-0.15, -0.1) is 0 Å². The number of rotatable bonds is 8. The maximum Gasteiger partial charge on any atom is 0.160 e. The van der Waals surface area contributed by atoms with Crippen LogP contribution in [0.5, 0.6) is 0 Å². The van der Waals surface area contributed by atoms with Crippen LogP contribution in [0.4, 0.5) is 0 Å². The third-order valence-corrected chi connectivity index (χ3v) is 10.3. The summed E-state index contributed by atoms with van der Waals surface area (Å²) in [6, 6.07) is 65.7. The Hall–Kier alpha value is -6.78. The minimum atomic E-state index is -0.0577. The average molecular weight is 695 g/mol. The Morgan fingerprint density at radius 2 is 0.944 bits per heavy atom. The van der Waals surface area contributed by atoms with E-state index in [1.165, 1.54) is 16.3 Å². The summed E-state index contributed by atoms with van der Waals surface area (Å²) in [5.74, 6) is 1.64. The number of nitrogens with zero attached hydrogens (tertiary/aromatic N) is 4. The summed E-state index contributed by atoms with van der Waals surface area (Å²) in [5.41, 5.74) is 11.7. The minimum absolute atomic E-state index is 0.0577. The molecular formula is C50H38N4. The second-order valence-electron chi connectivity index (χ2n) is 13.7. The number of aliphatic imine (C=N–C) groups is 2. The Labute approximate surface area is 316 Å². The first-order chi connectivity index (χ1) is 26.7. The fourth-order valence-electron chi connectivity index (χ4n) is 7.46. The van der Waals surface area contributed by atoms with Crippen LogP contribution in [0.25, 0.3) is 55.8 Å². The number of fused-ring (bicyclic) bond motifs is 1. The highest BCUT2D eigenvalue weighted by Gasteiger charge is 2.31. The van der Waals surface area contributed by atoms with Crippen LogP contribution in [0.2, 0.25) is 0 Å². The van der Waals surface area contributed by atoms with Crippen molar-refractivity contribution >= 4 is 22.3 Å². The second kappa shape index (κ2) is 14.7. The van der Waals surface area contributed by atoms with E-state index >= 15 is 0 Å². The maximum absolute atomic E-state index is 5.34. The van der Waals surface area contributed by atoms with Crippen LogP contribution in [0.15, 0.2) is 198 Å². The average Bonchev–Trinajstić information content (AvgIpc) is 3.26. The Morgan fingerprint density at radius 3 is 1.54 bits per heavy atom. The van der Waals surface area contributed by atoms with E-state index in [-0.39, 0.29) is 12.0 Å². The molecule has 2 heterocycles. The molecule has 0 bridgehead atoms. The SMILES string of the molecule is CCC1C(c2ccccc2)=NC(c2ccccc2)=NC1c1ccc2ccc(-c3ccc(-c4nc(-c5ccccc5)cc(-c5ccccc5)n4)cc3)cc2c1. The van der Waals surface area contributed by atoms with E-state index in [1.807, 2.05) is 42.5 Å². The summed E-state index contributed by atoms with van der Waals surface area (Å²) in [7, 11) is 0. The molecule has 1 aromatic heterocycles. The quantitative estimate of drug-likeness (QED) is 0.159. The summed E-state index contributed by atoms with van der Waals surface area (Å²) < 4.78 is 0. The lowest BCUT2D eigenvalue weighted by atomic mass is 9.82. The third-order valence-electron chi connectivity index (χ3n) is 10.3. The molecule has 4 heteroatoms. The standard InChI is InChI=1S/C50H38N4/c1-2-44-47(38-19-11-5-12-20-38)53-50(39-21-13-6-14-22-39)54-48(44)42-30-26-35-25-29-41(31-43(35)32-42)34-23-27-40(28-24-34)49-51-45(36-15-7-3-8-16-36)33-46(52-49)37-17-9-4-10-18-37/h3-33,44,48H,2H2,1H3. The third kappa shape index (κ3) is 6.66. The molecule has 0 spiro atoms. The predicted molar refractivity (Wildman–Crippen MR) is 224 cm³/mol. The lowest BCUT2D eigenvalue weighted by molar-refractivity contribution is 0.533. The van der Waals surface area contributed by atoms with Gasteiger partial charge in [0.05, 0.1) is 23.1 Å². The first-order valence-electron chi connectivity index (χ1n) is 18.6. The Morgan fingerprint density at radius 1 is 0.426 bits per heavy atom. The number of hydrogen-bond acceptors (Lipinski definition) is 4. The summed E-state index contributed by atoms with van der Waals surface area (Å²) in [6.45, 7) is 2.24. The molecule has 0 amide bonds. The van der Waals surface area contributed by atoms with Crippen molar-refractivity contribution in [3.05, 3.63) is 205 Å². The highest BCUT2D eigenvalue weighted by Crippen LogP contribution is 2.38. The van der Waals surface area contributed by atoms with Crippen molar-refractivity contribution in [3.63, 3.8) is 0 Å². The van der Waals surface area contributed by atoms with Crippen molar-refractivity contribution in [3.8, 4) is 45.0 Å². The van der Waals surface area contributed by atoms with Crippen molar-refractivity contribution in [1.29, 1.82) is 0 Å². The van der Waals surface area contributed by atoms with Gasteiger partial charge in [-0.05, 0) is 57.6 Å². The van der Waals surface area contributed by atoms with Gasteiger partial charge in [-0.25, -0.2) is 15.0 Å². The number of hydrogen-bond donors (Lipinski definition) is 0. The van der Waals surface area contributed by atoms with Gasteiger partial charge in [0.15, 0.2) is 11.7 Å². The topological polar surface area (TPSA) is 50.5 Å². The fraction of sp³-hybridized carbons (Fsp3) is 0.0800. The lowest BCUT2D eigenvalue weighted by Gasteiger charge is -2.30. The van der Waals surface area contributed by atoms with E-state index in [4.69, 9.17) is 20.0 Å². The molecule has 8 aromatic rings. The molecule has 0 saturated carbocycles. The zero-order chi connectivity index (χ0) is 36.3. The van der Waals surface area contributed by atoms with Gasteiger partial charge in [0.1, 0.15) is 0 Å². The van der Waals surface area contributed by atoms with Crippen LogP contribution in [-0.4, -0.2) is 21.5 Å². The normalized spacial score (nSPS) is 15.4. The molecule has 2 atom stereocenters. The molecule has 0 saturated heterocycles. The molecule has 0 N–H and O–H groups in total. The van der Waals surface area contributed by atoms with Crippen molar-refractivity contribution < 1.29 is 0 Å². The first kappa shape index (κ1) is 33.1.